The van der Waals surface area contributed by atoms with E-state index in [-0.39, 0.29) is 6.04 Å². The van der Waals surface area contributed by atoms with Gasteiger partial charge in [-0.15, -0.1) is 0 Å². The van der Waals surface area contributed by atoms with Gasteiger partial charge in [0.25, 0.3) is 0 Å². The van der Waals surface area contributed by atoms with E-state index in [0.717, 1.165) is 44.6 Å². The molecule has 5 aromatic carbocycles. The largest absolute Gasteiger partial charge is 0.372 e. The molecule has 0 N–H and O–H groups in total. The lowest BCUT2D eigenvalue weighted by Gasteiger charge is -2.30. The first kappa shape index (κ1) is 25.2. The van der Waals surface area contributed by atoms with Crippen LogP contribution in [0.2, 0.25) is 0 Å². The summed E-state index contributed by atoms with van der Waals surface area (Å²) >= 11 is 0. The summed E-state index contributed by atoms with van der Waals surface area (Å²) in [6.45, 7) is 4.39. The second-order valence-corrected chi connectivity index (χ2v) is 11.5. The quantitative estimate of drug-likeness (QED) is 0.218. The summed E-state index contributed by atoms with van der Waals surface area (Å²) in [6, 6.07) is 41.3. The SMILES string of the molecule is CC1=CC(c2cc(-n3c4ccccc4c4ccccc43)c(C#N)c(-n3c4ccccc4c4ccccc43)c2)=CC(C)N1C. The average molecular weight is 555 g/mol. The fourth-order valence-corrected chi connectivity index (χ4v) is 6.86. The van der Waals surface area contributed by atoms with Gasteiger partial charge in [0, 0.05) is 40.3 Å². The Morgan fingerprint density at radius 3 is 1.40 bits per heavy atom. The van der Waals surface area contributed by atoms with Crippen molar-refractivity contribution in [2.24, 2.45) is 0 Å². The lowest BCUT2D eigenvalue weighted by atomic mass is 9.95. The zero-order chi connectivity index (χ0) is 29.2. The first-order valence-corrected chi connectivity index (χ1v) is 14.7. The van der Waals surface area contributed by atoms with Crippen LogP contribution in [0.3, 0.4) is 0 Å². The number of nitriles is 1. The van der Waals surface area contributed by atoms with Crippen LogP contribution < -0.4 is 0 Å². The number of fused-ring (bicyclic) bond motifs is 6. The smallest absolute Gasteiger partial charge is 0.104 e. The fourth-order valence-electron chi connectivity index (χ4n) is 6.86. The van der Waals surface area contributed by atoms with Crippen LogP contribution in [-0.4, -0.2) is 27.1 Å². The Labute approximate surface area is 250 Å². The third kappa shape index (κ3) is 3.68. The molecule has 0 aliphatic carbocycles. The summed E-state index contributed by atoms with van der Waals surface area (Å²) in [5, 5.41) is 15.7. The van der Waals surface area contributed by atoms with Gasteiger partial charge in [-0.25, -0.2) is 0 Å². The third-order valence-corrected chi connectivity index (χ3v) is 9.14. The van der Waals surface area contributed by atoms with E-state index in [4.69, 9.17) is 0 Å². The summed E-state index contributed by atoms with van der Waals surface area (Å²) in [5.41, 5.74) is 10.2. The molecule has 8 rings (SSSR count). The van der Waals surface area contributed by atoms with Crippen molar-refractivity contribution in [2.75, 3.05) is 7.05 Å². The standard InChI is InChI=1S/C39H30N4/c1-25-20-27(21-26(2)41(25)3)28-22-38(42-34-16-8-4-12-29(34)30-13-5-9-17-35(30)42)33(24-40)39(23-28)43-36-18-10-6-14-31(36)32-15-7-11-19-37(32)43/h4-23,25H,1-3H3. The van der Waals surface area contributed by atoms with E-state index < -0.39 is 0 Å². The first-order chi connectivity index (χ1) is 21.0. The molecule has 3 heterocycles. The Morgan fingerprint density at radius 1 is 0.628 bits per heavy atom. The number of nitrogens with zero attached hydrogens (tertiary/aromatic N) is 4. The molecule has 1 aliphatic heterocycles. The molecule has 1 aliphatic rings. The van der Waals surface area contributed by atoms with Crippen LogP contribution in [0.1, 0.15) is 25.0 Å². The van der Waals surface area contributed by atoms with Gasteiger partial charge in [0.2, 0.25) is 0 Å². The van der Waals surface area contributed by atoms with Gasteiger partial charge < -0.3 is 14.0 Å². The first-order valence-electron chi connectivity index (χ1n) is 14.7. The second kappa shape index (κ2) is 9.51. The number of hydrogen-bond donors (Lipinski definition) is 0. The number of allylic oxidation sites excluding steroid dienone is 3. The Morgan fingerprint density at radius 2 is 1.02 bits per heavy atom. The van der Waals surface area contributed by atoms with Gasteiger partial charge in [-0.3, -0.25) is 0 Å². The molecule has 0 radical (unpaired) electrons. The van der Waals surface area contributed by atoms with Crippen molar-refractivity contribution in [1.29, 1.82) is 5.26 Å². The molecule has 2 aromatic heterocycles. The number of likely N-dealkylation sites (N-methyl/N-ethyl adjacent to an activating group) is 1. The maximum absolute atomic E-state index is 11.0. The van der Waals surface area contributed by atoms with E-state index >= 15 is 0 Å². The minimum Gasteiger partial charge on any atom is -0.372 e. The van der Waals surface area contributed by atoms with Crippen LogP contribution >= 0.6 is 0 Å². The molecule has 4 nitrogen and oxygen atoms in total. The summed E-state index contributed by atoms with van der Waals surface area (Å²) < 4.78 is 4.55. The Kier molecular flexibility index (Phi) is 5.57. The maximum Gasteiger partial charge on any atom is 0.104 e. The van der Waals surface area contributed by atoms with Crippen LogP contribution in [0.25, 0.3) is 60.6 Å². The third-order valence-electron chi connectivity index (χ3n) is 9.14. The highest BCUT2D eigenvalue weighted by molar-refractivity contribution is 6.11. The second-order valence-electron chi connectivity index (χ2n) is 11.5. The normalized spacial score (nSPS) is 15.3. The number of aromatic nitrogens is 2. The van der Waals surface area contributed by atoms with Crippen molar-refractivity contribution in [3.63, 3.8) is 0 Å². The average Bonchev–Trinajstić information content (AvgIpc) is 3.56. The van der Waals surface area contributed by atoms with Gasteiger partial charge in [0.1, 0.15) is 11.6 Å². The summed E-state index contributed by atoms with van der Waals surface area (Å²) in [7, 11) is 2.13. The van der Waals surface area contributed by atoms with Gasteiger partial charge in [-0.05, 0) is 67.5 Å². The van der Waals surface area contributed by atoms with Crippen molar-refractivity contribution in [3.8, 4) is 17.4 Å². The zero-order valence-corrected chi connectivity index (χ0v) is 24.4. The molecule has 0 saturated heterocycles. The van der Waals surface area contributed by atoms with Crippen molar-refractivity contribution >= 4 is 49.2 Å². The summed E-state index contributed by atoms with van der Waals surface area (Å²) in [4.78, 5) is 2.29. The van der Waals surface area contributed by atoms with E-state index in [0.29, 0.717) is 5.56 Å². The van der Waals surface area contributed by atoms with E-state index in [1.54, 1.807) is 0 Å². The van der Waals surface area contributed by atoms with Crippen LogP contribution in [0.15, 0.2) is 127 Å². The Balaban J connectivity index is 1.55. The molecule has 43 heavy (non-hydrogen) atoms. The lowest BCUT2D eigenvalue weighted by molar-refractivity contribution is 0.370. The molecule has 0 spiro atoms. The van der Waals surface area contributed by atoms with Crippen molar-refractivity contribution < 1.29 is 0 Å². The minimum absolute atomic E-state index is 0.254. The predicted octanol–water partition coefficient (Wildman–Crippen LogP) is 9.37. The van der Waals surface area contributed by atoms with Crippen LogP contribution in [0.4, 0.5) is 0 Å². The molecule has 7 aromatic rings. The molecular weight excluding hydrogens is 524 g/mol. The number of rotatable bonds is 3. The highest BCUT2D eigenvalue weighted by Crippen LogP contribution is 2.40. The highest BCUT2D eigenvalue weighted by Gasteiger charge is 2.23. The number of para-hydroxylation sites is 4. The molecule has 1 atom stereocenters. The predicted molar refractivity (Wildman–Crippen MR) is 179 cm³/mol. The summed E-state index contributed by atoms with van der Waals surface area (Å²) in [6.07, 6.45) is 4.58. The van der Waals surface area contributed by atoms with Gasteiger partial charge in [-0.1, -0.05) is 78.9 Å². The minimum atomic E-state index is 0.254. The molecule has 4 heteroatoms. The molecule has 0 bridgehead atoms. The lowest BCUT2D eigenvalue weighted by Crippen LogP contribution is -2.28. The Bertz CT molecular complexity index is 2110. The van der Waals surface area contributed by atoms with Crippen molar-refractivity contribution in [1.82, 2.24) is 14.0 Å². The topological polar surface area (TPSA) is 36.9 Å². The number of hydrogen-bond acceptors (Lipinski definition) is 2. The summed E-state index contributed by atoms with van der Waals surface area (Å²) in [5.74, 6) is 0. The van der Waals surface area contributed by atoms with Crippen LogP contribution in [0.5, 0.6) is 0 Å². The van der Waals surface area contributed by atoms with E-state index in [1.807, 2.05) is 0 Å². The molecule has 0 fully saturated rings. The highest BCUT2D eigenvalue weighted by atomic mass is 15.1. The Hall–Kier alpha value is -5.53. The van der Waals surface area contributed by atoms with Gasteiger partial charge in [-0.2, -0.15) is 5.26 Å². The van der Waals surface area contributed by atoms with E-state index in [1.165, 1.54) is 27.2 Å². The number of benzene rings is 5. The molecule has 206 valence electrons. The van der Waals surface area contributed by atoms with Gasteiger partial charge in [0.05, 0.1) is 33.4 Å². The fraction of sp³-hybridized carbons (Fsp3) is 0.103. The molecule has 1 unspecified atom stereocenters. The molecular formula is C39H30N4. The van der Waals surface area contributed by atoms with Crippen molar-refractivity contribution in [2.45, 2.75) is 19.9 Å². The maximum atomic E-state index is 11.0. The van der Waals surface area contributed by atoms with Crippen LogP contribution in [-0.2, 0) is 0 Å². The van der Waals surface area contributed by atoms with E-state index in [9.17, 15) is 5.26 Å². The van der Waals surface area contributed by atoms with Crippen LogP contribution in [0, 0.1) is 11.3 Å². The molecule has 0 saturated carbocycles. The molecule has 0 amide bonds. The van der Waals surface area contributed by atoms with E-state index in [2.05, 4.69) is 162 Å². The van der Waals surface area contributed by atoms with Crippen molar-refractivity contribution in [3.05, 3.63) is 138 Å². The van der Waals surface area contributed by atoms with Gasteiger partial charge in [0.15, 0.2) is 0 Å². The zero-order valence-electron chi connectivity index (χ0n) is 24.4. The monoisotopic (exact) mass is 554 g/mol. The van der Waals surface area contributed by atoms with Gasteiger partial charge >= 0.3 is 0 Å².